The van der Waals surface area contributed by atoms with E-state index >= 15 is 0 Å². The summed E-state index contributed by atoms with van der Waals surface area (Å²) in [5.74, 6) is -1.26. The fraction of sp³-hybridized carbons (Fsp3) is 0.429. The number of amidine groups is 1. The van der Waals surface area contributed by atoms with Crippen molar-refractivity contribution in [3.63, 3.8) is 0 Å². The minimum absolute atomic E-state index is 0.0489. The lowest BCUT2D eigenvalue weighted by molar-refractivity contribution is -0.121. The van der Waals surface area contributed by atoms with Crippen molar-refractivity contribution in [3.05, 3.63) is 16.0 Å². The number of hydrogen-bond donors (Lipinski definition) is 2. The van der Waals surface area contributed by atoms with Gasteiger partial charge in [-0.15, -0.1) is 11.3 Å². The molecule has 0 aliphatic carbocycles. The van der Waals surface area contributed by atoms with Gasteiger partial charge in [0.2, 0.25) is 5.91 Å². The Labute approximate surface area is 141 Å². The van der Waals surface area contributed by atoms with Gasteiger partial charge in [0, 0.05) is 11.3 Å². The van der Waals surface area contributed by atoms with Crippen molar-refractivity contribution in [2.45, 2.75) is 31.9 Å². The smallest absolute Gasteiger partial charge is 0.341 e. The van der Waals surface area contributed by atoms with E-state index in [1.54, 1.807) is 0 Å². The second-order valence-electron chi connectivity index (χ2n) is 4.83. The summed E-state index contributed by atoms with van der Waals surface area (Å²) in [5, 5.41) is 2.71. The van der Waals surface area contributed by atoms with Gasteiger partial charge in [0.05, 0.1) is 12.7 Å². The van der Waals surface area contributed by atoms with Gasteiger partial charge in [0.1, 0.15) is 10.3 Å². The van der Waals surface area contributed by atoms with Gasteiger partial charge in [-0.2, -0.15) is 4.99 Å². The maximum atomic E-state index is 12.2. The van der Waals surface area contributed by atoms with Crippen LogP contribution < -0.4 is 11.1 Å². The second-order valence-corrected chi connectivity index (χ2v) is 7.28. The molecule has 1 aliphatic rings. The van der Waals surface area contributed by atoms with Gasteiger partial charge in [0.25, 0.3) is 5.91 Å². The Morgan fingerprint density at radius 2 is 2.13 bits per heavy atom. The van der Waals surface area contributed by atoms with Crippen molar-refractivity contribution in [2.24, 2.45) is 10.7 Å². The van der Waals surface area contributed by atoms with Crippen LogP contribution >= 0.6 is 23.1 Å². The number of carbonyl (C=O) groups is 3. The van der Waals surface area contributed by atoms with Crippen molar-refractivity contribution >= 4 is 51.1 Å². The van der Waals surface area contributed by atoms with Crippen LogP contribution in [0.4, 0.5) is 5.00 Å². The molecule has 0 saturated heterocycles. The number of aliphatic imine (C=N–C) groups is 1. The third-order valence-corrected chi connectivity index (χ3v) is 5.38. The first-order valence-electron chi connectivity index (χ1n) is 6.92. The molecule has 0 fully saturated rings. The number of carbonyl (C=O) groups excluding carboxylic acids is 3. The van der Waals surface area contributed by atoms with Gasteiger partial charge in [-0.1, -0.05) is 18.7 Å². The van der Waals surface area contributed by atoms with Gasteiger partial charge in [-0.3, -0.25) is 9.59 Å². The third-order valence-electron chi connectivity index (χ3n) is 3.33. The summed E-state index contributed by atoms with van der Waals surface area (Å²) in [4.78, 5) is 40.3. The average Bonchev–Trinajstić information content (AvgIpc) is 2.96. The van der Waals surface area contributed by atoms with Gasteiger partial charge in [0.15, 0.2) is 5.17 Å². The molecule has 0 radical (unpaired) electrons. The van der Waals surface area contributed by atoms with E-state index in [1.165, 1.54) is 18.4 Å². The molecule has 0 bridgehead atoms. The van der Waals surface area contributed by atoms with Crippen molar-refractivity contribution in [2.75, 3.05) is 12.4 Å². The lowest BCUT2D eigenvalue weighted by atomic mass is 10.1. The van der Waals surface area contributed by atoms with Crippen LogP contribution in [0.3, 0.4) is 0 Å². The van der Waals surface area contributed by atoms with E-state index in [-0.39, 0.29) is 17.5 Å². The Kier molecular flexibility index (Phi) is 5.42. The molecule has 7 nitrogen and oxygen atoms in total. The topological polar surface area (TPSA) is 111 Å². The number of methoxy groups -OCH3 is 1. The van der Waals surface area contributed by atoms with Crippen molar-refractivity contribution in [1.82, 2.24) is 0 Å². The van der Waals surface area contributed by atoms with Crippen LogP contribution in [0.1, 0.15) is 34.1 Å². The van der Waals surface area contributed by atoms with Crippen molar-refractivity contribution in [1.29, 1.82) is 0 Å². The zero-order valence-corrected chi connectivity index (χ0v) is 14.6. The Bertz CT molecular complexity index is 696. The second kappa shape index (κ2) is 7.14. The van der Waals surface area contributed by atoms with Crippen molar-refractivity contribution < 1.29 is 19.1 Å². The van der Waals surface area contributed by atoms with Gasteiger partial charge < -0.3 is 15.8 Å². The van der Waals surface area contributed by atoms with E-state index in [0.29, 0.717) is 17.0 Å². The largest absolute Gasteiger partial charge is 0.465 e. The van der Waals surface area contributed by atoms with Crippen LogP contribution in [0.2, 0.25) is 0 Å². The van der Waals surface area contributed by atoms with Gasteiger partial charge in [-0.25, -0.2) is 4.79 Å². The SMILES string of the molecule is CCc1c(C)sc(NC(=O)C[C@H]2SC(N)=NC2=O)c1C(=O)OC. The Balaban J connectivity index is 2.15. The number of ether oxygens (including phenoxy) is 1. The molecule has 124 valence electrons. The molecule has 23 heavy (non-hydrogen) atoms. The minimum Gasteiger partial charge on any atom is -0.465 e. The molecular formula is C14H17N3O4S2. The number of nitrogens with zero attached hydrogens (tertiary/aromatic N) is 1. The number of anilines is 1. The van der Waals surface area contributed by atoms with Crippen LogP contribution in [0.15, 0.2) is 4.99 Å². The zero-order chi connectivity index (χ0) is 17.1. The van der Waals surface area contributed by atoms with Crippen LogP contribution in [-0.2, 0) is 20.7 Å². The highest BCUT2D eigenvalue weighted by atomic mass is 32.2. The summed E-state index contributed by atoms with van der Waals surface area (Å²) in [7, 11) is 1.30. The lowest BCUT2D eigenvalue weighted by Crippen LogP contribution is -2.22. The molecule has 3 N–H and O–H groups in total. The molecule has 2 rings (SSSR count). The molecule has 0 aromatic carbocycles. The number of nitrogens with two attached hydrogens (primary N) is 1. The first kappa shape index (κ1) is 17.5. The summed E-state index contributed by atoms with van der Waals surface area (Å²) in [6, 6.07) is 0. The number of aryl methyl sites for hydroxylation is 1. The lowest BCUT2D eigenvalue weighted by Gasteiger charge is -2.08. The van der Waals surface area contributed by atoms with Gasteiger partial charge >= 0.3 is 5.97 Å². The number of amides is 2. The first-order chi connectivity index (χ1) is 10.9. The zero-order valence-electron chi connectivity index (χ0n) is 13.0. The molecule has 0 spiro atoms. The third kappa shape index (κ3) is 3.73. The van der Waals surface area contributed by atoms with Crippen molar-refractivity contribution in [3.8, 4) is 0 Å². The Morgan fingerprint density at radius 1 is 1.43 bits per heavy atom. The van der Waals surface area contributed by atoms with E-state index in [1.807, 2.05) is 13.8 Å². The predicted molar refractivity (Wildman–Crippen MR) is 91.0 cm³/mol. The molecule has 0 saturated carbocycles. The summed E-state index contributed by atoms with van der Waals surface area (Å²) in [6.45, 7) is 3.82. The fourth-order valence-corrected chi connectivity index (χ4v) is 4.26. The van der Waals surface area contributed by atoms with E-state index in [9.17, 15) is 14.4 Å². The monoisotopic (exact) mass is 355 g/mol. The summed E-state index contributed by atoms with van der Waals surface area (Å²) >= 11 is 2.39. The highest BCUT2D eigenvalue weighted by Gasteiger charge is 2.30. The number of hydrogen-bond acceptors (Lipinski definition) is 7. The van der Waals surface area contributed by atoms with Crippen LogP contribution in [0.5, 0.6) is 0 Å². The molecular weight excluding hydrogens is 338 g/mol. The maximum Gasteiger partial charge on any atom is 0.341 e. The molecule has 2 heterocycles. The molecule has 1 aromatic rings. The molecule has 0 unspecified atom stereocenters. The van der Waals surface area contributed by atoms with E-state index in [0.717, 1.165) is 22.2 Å². The predicted octanol–water partition coefficient (Wildman–Crippen LogP) is 1.69. The highest BCUT2D eigenvalue weighted by Crippen LogP contribution is 2.34. The van der Waals surface area contributed by atoms with Crippen LogP contribution in [0.25, 0.3) is 0 Å². The van der Waals surface area contributed by atoms with E-state index in [4.69, 9.17) is 10.5 Å². The normalized spacial score (nSPS) is 17.1. The molecule has 9 heteroatoms. The number of thioether (sulfide) groups is 1. The Morgan fingerprint density at radius 3 is 2.65 bits per heavy atom. The molecule has 1 atom stereocenters. The summed E-state index contributed by atoms with van der Waals surface area (Å²) < 4.78 is 4.80. The molecule has 2 amide bonds. The molecule has 1 aromatic heterocycles. The van der Waals surface area contributed by atoms with E-state index in [2.05, 4.69) is 10.3 Å². The minimum atomic E-state index is -0.608. The van der Waals surface area contributed by atoms with E-state index < -0.39 is 17.1 Å². The number of nitrogens with one attached hydrogen (secondary N) is 1. The number of thiophene rings is 1. The number of rotatable bonds is 5. The van der Waals surface area contributed by atoms with Gasteiger partial charge in [-0.05, 0) is 18.9 Å². The highest BCUT2D eigenvalue weighted by molar-refractivity contribution is 8.15. The van der Waals surface area contributed by atoms with Crippen LogP contribution in [0, 0.1) is 6.92 Å². The number of esters is 1. The standard InChI is InChI=1S/C14H17N3O4S2/c1-4-7-6(2)22-12(10(7)13(20)21-3)16-9(18)5-8-11(19)17-14(15)23-8/h8H,4-5H2,1-3H3,(H,16,18)(H2,15,17,19)/t8-/m1/s1. The quantitative estimate of drug-likeness (QED) is 0.778. The van der Waals surface area contributed by atoms with Crippen LogP contribution in [-0.4, -0.2) is 35.3 Å². The first-order valence-corrected chi connectivity index (χ1v) is 8.62. The summed E-state index contributed by atoms with van der Waals surface area (Å²) in [5.41, 5.74) is 6.71. The average molecular weight is 355 g/mol. The Hall–Kier alpha value is -1.87. The fourth-order valence-electron chi connectivity index (χ4n) is 2.29. The molecule has 1 aliphatic heterocycles. The maximum absolute atomic E-state index is 12.2. The summed E-state index contributed by atoms with van der Waals surface area (Å²) in [6.07, 6.45) is 0.608.